The van der Waals surface area contributed by atoms with Crippen LogP contribution in [-0.4, -0.2) is 37.0 Å². The lowest BCUT2D eigenvalue weighted by molar-refractivity contribution is 0.0751. The van der Waals surface area contributed by atoms with Gasteiger partial charge in [0.25, 0.3) is 5.91 Å². The maximum Gasteiger partial charge on any atom is 0.264 e. The topological polar surface area (TPSA) is 23.6 Å². The van der Waals surface area contributed by atoms with E-state index in [-0.39, 0.29) is 5.91 Å². The Balaban J connectivity index is 1.42. The second-order valence-electron chi connectivity index (χ2n) is 7.02. The molecule has 24 heavy (non-hydrogen) atoms. The highest BCUT2D eigenvalue weighted by Gasteiger charge is 2.26. The predicted octanol–water partition coefficient (Wildman–Crippen LogP) is 3.84. The maximum absolute atomic E-state index is 12.9. The van der Waals surface area contributed by atoms with Gasteiger partial charge in [-0.15, -0.1) is 11.3 Å². The average molecular weight is 340 g/mol. The van der Waals surface area contributed by atoms with Crippen molar-refractivity contribution in [3.05, 3.63) is 51.7 Å². The Morgan fingerprint density at radius 1 is 1.12 bits per heavy atom. The highest BCUT2D eigenvalue weighted by atomic mass is 32.1. The molecule has 1 aliphatic heterocycles. The molecule has 2 aliphatic rings. The molecule has 1 aliphatic carbocycles. The van der Waals surface area contributed by atoms with Crippen LogP contribution in [0.25, 0.3) is 0 Å². The van der Waals surface area contributed by atoms with Gasteiger partial charge >= 0.3 is 0 Å². The molecule has 0 radical (unpaired) electrons. The number of carbonyl (C=O) groups is 1. The summed E-state index contributed by atoms with van der Waals surface area (Å²) in [5, 5.41) is 0. The monoisotopic (exact) mass is 340 g/mol. The first-order valence-electron chi connectivity index (χ1n) is 8.91. The zero-order chi connectivity index (χ0) is 16.5. The SMILES string of the molecule is C[C@H]1CCc2sc(C(=O)N3CCN(c4ccccc4)CC3)cc2C1. The van der Waals surface area contributed by atoms with Gasteiger partial charge in [0.15, 0.2) is 0 Å². The van der Waals surface area contributed by atoms with E-state index in [9.17, 15) is 4.79 Å². The Morgan fingerprint density at radius 2 is 1.88 bits per heavy atom. The molecule has 1 aromatic heterocycles. The third-order valence-electron chi connectivity index (χ3n) is 5.23. The summed E-state index contributed by atoms with van der Waals surface area (Å²) in [6, 6.07) is 12.6. The van der Waals surface area contributed by atoms with Gasteiger partial charge < -0.3 is 9.80 Å². The number of rotatable bonds is 2. The molecule has 126 valence electrons. The third kappa shape index (κ3) is 3.07. The molecular formula is C20H24N2OS. The molecule has 1 atom stereocenters. The number of para-hydroxylation sites is 1. The minimum atomic E-state index is 0.231. The molecule has 1 aromatic carbocycles. The Labute approximate surface area is 147 Å². The molecule has 0 unspecified atom stereocenters. The summed E-state index contributed by atoms with van der Waals surface area (Å²) in [4.78, 5) is 19.6. The third-order valence-corrected chi connectivity index (χ3v) is 6.45. The Morgan fingerprint density at radius 3 is 2.62 bits per heavy atom. The van der Waals surface area contributed by atoms with Crippen molar-refractivity contribution in [1.29, 1.82) is 0 Å². The number of thiophene rings is 1. The molecule has 4 rings (SSSR count). The zero-order valence-electron chi connectivity index (χ0n) is 14.2. The lowest BCUT2D eigenvalue weighted by atomic mass is 9.90. The Kier molecular flexibility index (Phi) is 4.31. The molecule has 0 saturated carbocycles. The van der Waals surface area contributed by atoms with Crippen LogP contribution in [0.3, 0.4) is 0 Å². The second kappa shape index (κ2) is 6.60. The number of nitrogens with zero attached hydrogens (tertiary/aromatic N) is 2. The van der Waals surface area contributed by atoms with Gasteiger partial charge in [-0.25, -0.2) is 0 Å². The summed E-state index contributed by atoms with van der Waals surface area (Å²) in [6.45, 7) is 5.76. The number of fused-ring (bicyclic) bond motifs is 1. The quantitative estimate of drug-likeness (QED) is 0.829. The van der Waals surface area contributed by atoms with E-state index >= 15 is 0 Å². The van der Waals surface area contributed by atoms with E-state index < -0.39 is 0 Å². The molecular weight excluding hydrogens is 316 g/mol. The van der Waals surface area contributed by atoms with E-state index in [0.717, 1.165) is 49.8 Å². The number of amides is 1. The number of carbonyl (C=O) groups excluding carboxylic acids is 1. The number of anilines is 1. The van der Waals surface area contributed by atoms with Gasteiger partial charge in [-0.05, 0) is 48.9 Å². The van der Waals surface area contributed by atoms with Gasteiger partial charge in [-0.1, -0.05) is 25.1 Å². The average Bonchev–Trinajstić information content (AvgIpc) is 3.05. The van der Waals surface area contributed by atoms with Crippen LogP contribution in [-0.2, 0) is 12.8 Å². The molecule has 2 aromatic rings. The Bertz CT molecular complexity index is 716. The molecule has 3 nitrogen and oxygen atoms in total. The first-order valence-corrected chi connectivity index (χ1v) is 9.73. The second-order valence-corrected chi connectivity index (χ2v) is 8.16. The molecule has 1 fully saturated rings. The maximum atomic E-state index is 12.9. The summed E-state index contributed by atoms with van der Waals surface area (Å²) in [5.41, 5.74) is 2.68. The highest BCUT2D eigenvalue weighted by molar-refractivity contribution is 7.14. The first-order chi connectivity index (χ1) is 11.7. The van der Waals surface area contributed by atoms with Crippen molar-refractivity contribution >= 4 is 22.9 Å². The largest absolute Gasteiger partial charge is 0.368 e. The van der Waals surface area contributed by atoms with Crippen LogP contribution >= 0.6 is 11.3 Å². The van der Waals surface area contributed by atoms with E-state index in [0.29, 0.717) is 0 Å². The van der Waals surface area contributed by atoms with Gasteiger partial charge in [0.2, 0.25) is 0 Å². The zero-order valence-corrected chi connectivity index (χ0v) is 15.0. The van der Waals surface area contributed by atoms with Gasteiger partial charge in [0.05, 0.1) is 4.88 Å². The molecule has 1 amide bonds. The lowest BCUT2D eigenvalue weighted by Gasteiger charge is -2.36. The van der Waals surface area contributed by atoms with Crippen LogP contribution < -0.4 is 4.90 Å². The molecule has 0 spiro atoms. The number of piperazine rings is 1. The van der Waals surface area contributed by atoms with Gasteiger partial charge in [-0.3, -0.25) is 4.79 Å². The lowest BCUT2D eigenvalue weighted by Crippen LogP contribution is -2.48. The van der Waals surface area contributed by atoms with E-state index in [1.165, 1.54) is 22.5 Å². The van der Waals surface area contributed by atoms with Crippen molar-refractivity contribution in [2.24, 2.45) is 5.92 Å². The minimum absolute atomic E-state index is 0.231. The van der Waals surface area contributed by atoms with E-state index in [4.69, 9.17) is 0 Å². The van der Waals surface area contributed by atoms with Crippen molar-refractivity contribution in [3.8, 4) is 0 Å². The van der Waals surface area contributed by atoms with Gasteiger partial charge in [-0.2, -0.15) is 0 Å². The van der Waals surface area contributed by atoms with Crippen molar-refractivity contribution in [3.63, 3.8) is 0 Å². The molecule has 2 heterocycles. The smallest absolute Gasteiger partial charge is 0.264 e. The van der Waals surface area contributed by atoms with E-state index in [1.54, 1.807) is 11.3 Å². The number of hydrogen-bond donors (Lipinski definition) is 0. The standard InChI is InChI=1S/C20H24N2OS/c1-15-7-8-18-16(13-15)14-19(24-18)20(23)22-11-9-21(10-12-22)17-5-3-2-4-6-17/h2-6,14-15H,7-13H2,1H3/t15-/m0/s1. The minimum Gasteiger partial charge on any atom is -0.368 e. The summed E-state index contributed by atoms with van der Waals surface area (Å²) in [5.74, 6) is 0.985. The number of benzene rings is 1. The van der Waals surface area contributed by atoms with Crippen LogP contribution in [0.2, 0.25) is 0 Å². The van der Waals surface area contributed by atoms with E-state index in [1.807, 2.05) is 11.0 Å². The van der Waals surface area contributed by atoms with Crippen LogP contribution in [0.1, 0.15) is 33.5 Å². The fourth-order valence-electron chi connectivity index (χ4n) is 3.77. The predicted molar refractivity (Wildman–Crippen MR) is 100 cm³/mol. The molecule has 4 heteroatoms. The molecule has 0 N–H and O–H groups in total. The van der Waals surface area contributed by atoms with E-state index in [2.05, 4.69) is 42.2 Å². The fourth-order valence-corrected chi connectivity index (χ4v) is 4.95. The van der Waals surface area contributed by atoms with Crippen LogP contribution in [0.4, 0.5) is 5.69 Å². The van der Waals surface area contributed by atoms with Crippen molar-refractivity contribution < 1.29 is 4.79 Å². The van der Waals surface area contributed by atoms with Crippen LogP contribution in [0.5, 0.6) is 0 Å². The van der Waals surface area contributed by atoms with Crippen LogP contribution in [0, 0.1) is 5.92 Å². The van der Waals surface area contributed by atoms with Gasteiger partial charge in [0, 0.05) is 36.7 Å². The van der Waals surface area contributed by atoms with Gasteiger partial charge in [0.1, 0.15) is 0 Å². The van der Waals surface area contributed by atoms with Crippen LogP contribution in [0.15, 0.2) is 36.4 Å². The molecule has 0 bridgehead atoms. The highest BCUT2D eigenvalue weighted by Crippen LogP contribution is 2.33. The fraction of sp³-hybridized carbons (Fsp3) is 0.450. The summed E-state index contributed by atoms with van der Waals surface area (Å²) >= 11 is 1.73. The molecule has 1 saturated heterocycles. The summed E-state index contributed by atoms with van der Waals surface area (Å²) < 4.78 is 0. The number of hydrogen-bond acceptors (Lipinski definition) is 3. The Hall–Kier alpha value is -1.81. The van der Waals surface area contributed by atoms with Crippen molar-refractivity contribution in [2.45, 2.75) is 26.2 Å². The van der Waals surface area contributed by atoms with Crippen molar-refractivity contribution in [2.75, 3.05) is 31.1 Å². The first kappa shape index (κ1) is 15.7. The van der Waals surface area contributed by atoms with Crippen molar-refractivity contribution in [1.82, 2.24) is 4.90 Å². The normalized spacial score (nSPS) is 20.8. The number of aryl methyl sites for hydroxylation is 1. The summed E-state index contributed by atoms with van der Waals surface area (Å²) in [6.07, 6.45) is 3.55. The summed E-state index contributed by atoms with van der Waals surface area (Å²) in [7, 11) is 0.